The topological polar surface area (TPSA) is 83.5 Å². The van der Waals surface area contributed by atoms with Gasteiger partial charge in [-0.3, -0.25) is 0 Å². The molecule has 0 aliphatic heterocycles. The Kier molecular flexibility index (Phi) is 6.83. The minimum absolute atomic E-state index is 0.0674. The number of aryl methyl sites for hydroxylation is 1. The van der Waals surface area contributed by atoms with Crippen molar-refractivity contribution >= 4 is 27.3 Å². The van der Waals surface area contributed by atoms with Crippen LogP contribution in [0, 0.1) is 6.92 Å². The molecule has 0 radical (unpaired) electrons. The third kappa shape index (κ3) is 5.41. The number of thiophene rings is 1. The molecule has 0 saturated carbocycles. The fourth-order valence-corrected chi connectivity index (χ4v) is 4.73. The zero-order chi connectivity index (χ0) is 16.0. The second kappa shape index (κ2) is 7.91. The minimum Gasteiger partial charge on any atom is -0.477 e. The summed E-state index contributed by atoms with van der Waals surface area (Å²) in [5, 5.41) is 8.99. The van der Waals surface area contributed by atoms with E-state index in [1.54, 1.807) is 6.92 Å². The molecule has 5 nitrogen and oxygen atoms in total. The van der Waals surface area contributed by atoms with Crippen molar-refractivity contribution in [3.8, 4) is 0 Å². The second-order valence-electron chi connectivity index (χ2n) is 5.25. The van der Waals surface area contributed by atoms with Crippen molar-refractivity contribution in [3.05, 3.63) is 16.5 Å². The standard InChI is InChI=1S/C14H23NO4S2/c1-4-5-6-7-8-11(3)15-21(18,19)12-9-10(2)13(20-12)14(16)17/h9,11,15H,4-8H2,1-3H3,(H,16,17). The van der Waals surface area contributed by atoms with Gasteiger partial charge in [-0.25, -0.2) is 17.9 Å². The Morgan fingerprint density at radius 2 is 2.05 bits per heavy atom. The maximum absolute atomic E-state index is 12.2. The largest absolute Gasteiger partial charge is 0.477 e. The molecule has 120 valence electrons. The molecule has 1 rings (SSSR count). The van der Waals surface area contributed by atoms with Crippen molar-refractivity contribution in [2.75, 3.05) is 0 Å². The summed E-state index contributed by atoms with van der Waals surface area (Å²) in [5.74, 6) is -1.09. The molecule has 1 aromatic rings. The van der Waals surface area contributed by atoms with Gasteiger partial charge >= 0.3 is 5.97 Å². The number of rotatable bonds is 9. The van der Waals surface area contributed by atoms with Crippen LogP contribution >= 0.6 is 11.3 Å². The number of carbonyl (C=O) groups is 1. The first kappa shape index (κ1) is 18.1. The van der Waals surface area contributed by atoms with Crippen LogP contribution in [-0.4, -0.2) is 25.5 Å². The average molecular weight is 333 g/mol. The van der Waals surface area contributed by atoms with Gasteiger partial charge in [0.25, 0.3) is 0 Å². The highest BCUT2D eigenvalue weighted by atomic mass is 32.2. The Hall–Kier alpha value is -0.920. The summed E-state index contributed by atoms with van der Waals surface area (Å²) in [6, 6.07) is 1.27. The van der Waals surface area contributed by atoms with Crippen molar-refractivity contribution in [3.63, 3.8) is 0 Å². The smallest absolute Gasteiger partial charge is 0.346 e. The summed E-state index contributed by atoms with van der Waals surface area (Å²) >= 11 is 0.798. The van der Waals surface area contributed by atoms with E-state index < -0.39 is 16.0 Å². The molecule has 1 atom stereocenters. The predicted molar refractivity (Wildman–Crippen MR) is 84.6 cm³/mol. The molecule has 21 heavy (non-hydrogen) atoms. The van der Waals surface area contributed by atoms with Crippen LogP contribution in [0.15, 0.2) is 10.3 Å². The van der Waals surface area contributed by atoms with E-state index in [1.807, 2.05) is 6.92 Å². The first-order valence-corrected chi connectivity index (χ1v) is 9.44. The highest BCUT2D eigenvalue weighted by molar-refractivity contribution is 7.91. The van der Waals surface area contributed by atoms with E-state index in [1.165, 1.54) is 6.07 Å². The summed E-state index contributed by atoms with van der Waals surface area (Å²) in [6.45, 7) is 5.57. The summed E-state index contributed by atoms with van der Waals surface area (Å²) in [4.78, 5) is 11.1. The van der Waals surface area contributed by atoms with Crippen LogP contribution in [0.5, 0.6) is 0 Å². The number of sulfonamides is 1. The Labute approximate surface area is 130 Å². The van der Waals surface area contributed by atoms with Gasteiger partial charge in [-0.1, -0.05) is 32.6 Å². The van der Waals surface area contributed by atoms with Crippen LogP contribution < -0.4 is 4.72 Å². The van der Waals surface area contributed by atoms with Crippen molar-refractivity contribution in [2.24, 2.45) is 0 Å². The van der Waals surface area contributed by atoms with Gasteiger partial charge in [0.2, 0.25) is 10.0 Å². The molecule has 0 fully saturated rings. The van der Waals surface area contributed by atoms with E-state index >= 15 is 0 Å². The van der Waals surface area contributed by atoms with Crippen LogP contribution in [0.2, 0.25) is 0 Å². The lowest BCUT2D eigenvalue weighted by Crippen LogP contribution is -2.32. The average Bonchev–Trinajstić information content (AvgIpc) is 2.77. The molecular weight excluding hydrogens is 310 g/mol. The van der Waals surface area contributed by atoms with E-state index in [0.29, 0.717) is 5.56 Å². The lowest BCUT2D eigenvalue weighted by Gasteiger charge is -2.13. The fraction of sp³-hybridized carbons (Fsp3) is 0.643. The van der Waals surface area contributed by atoms with E-state index in [9.17, 15) is 13.2 Å². The maximum Gasteiger partial charge on any atom is 0.346 e. The van der Waals surface area contributed by atoms with Gasteiger partial charge in [0, 0.05) is 6.04 Å². The monoisotopic (exact) mass is 333 g/mol. The highest BCUT2D eigenvalue weighted by Crippen LogP contribution is 2.26. The third-order valence-corrected chi connectivity index (χ3v) is 6.49. The van der Waals surface area contributed by atoms with Crippen LogP contribution in [-0.2, 0) is 10.0 Å². The zero-order valence-electron chi connectivity index (χ0n) is 12.7. The number of aromatic carboxylic acids is 1. The van der Waals surface area contributed by atoms with Gasteiger partial charge in [-0.05, 0) is 31.9 Å². The van der Waals surface area contributed by atoms with E-state index in [0.717, 1.165) is 43.4 Å². The summed E-state index contributed by atoms with van der Waals surface area (Å²) in [7, 11) is -3.63. The Bertz CT molecular complexity index is 578. The van der Waals surface area contributed by atoms with Gasteiger partial charge < -0.3 is 5.11 Å². The minimum atomic E-state index is -3.63. The quantitative estimate of drug-likeness (QED) is 0.679. The van der Waals surface area contributed by atoms with Gasteiger partial charge in [0.1, 0.15) is 9.09 Å². The molecule has 0 saturated heterocycles. The van der Waals surface area contributed by atoms with Crippen molar-refractivity contribution in [1.82, 2.24) is 4.72 Å². The lowest BCUT2D eigenvalue weighted by molar-refractivity contribution is 0.0701. The predicted octanol–water partition coefficient (Wildman–Crippen LogP) is 3.39. The van der Waals surface area contributed by atoms with E-state index in [4.69, 9.17) is 5.11 Å². The van der Waals surface area contributed by atoms with Gasteiger partial charge in [-0.2, -0.15) is 0 Å². The number of carboxylic acids is 1. The van der Waals surface area contributed by atoms with Gasteiger partial charge in [0.05, 0.1) is 0 Å². The van der Waals surface area contributed by atoms with Crippen LogP contribution in [0.3, 0.4) is 0 Å². The number of unbranched alkanes of at least 4 members (excludes halogenated alkanes) is 3. The van der Waals surface area contributed by atoms with E-state index in [2.05, 4.69) is 11.6 Å². The molecule has 0 spiro atoms. The van der Waals surface area contributed by atoms with Crippen molar-refractivity contribution in [2.45, 2.75) is 63.1 Å². The second-order valence-corrected chi connectivity index (χ2v) is 8.25. The Morgan fingerprint density at radius 1 is 1.38 bits per heavy atom. The first-order valence-electron chi connectivity index (χ1n) is 7.14. The van der Waals surface area contributed by atoms with Crippen LogP contribution in [0.1, 0.15) is 61.2 Å². The highest BCUT2D eigenvalue weighted by Gasteiger charge is 2.23. The van der Waals surface area contributed by atoms with Gasteiger partial charge in [0.15, 0.2) is 0 Å². The zero-order valence-corrected chi connectivity index (χ0v) is 14.3. The molecule has 0 aliphatic rings. The first-order chi connectivity index (χ1) is 9.77. The summed E-state index contributed by atoms with van der Waals surface area (Å²) < 4.78 is 27.1. The molecular formula is C14H23NO4S2. The molecule has 1 aromatic heterocycles. The number of nitrogens with one attached hydrogen (secondary N) is 1. The molecule has 1 unspecified atom stereocenters. The molecule has 0 aromatic carbocycles. The number of hydrogen-bond acceptors (Lipinski definition) is 4. The SMILES string of the molecule is CCCCCCC(C)NS(=O)(=O)c1cc(C)c(C(=O)O)s1. The molecule has 1 heterocycles. The van der Waals surface area contributed by atoms with Crippen LogP contribution in [0.4, 0.5) is 0 Å². The van der Waals surface area contributed by atoms with E-state index in [-0.39, 0.29) is 15.1 Å². The number of hydrogen-bond donors (Lipinski definition) is 2. The molecule has 7 heteroatoms. The molecule has 0 bridgehead atoms. The Morgan fingerprint density at radius 3 is 2.57 bits per heavy atom. The Balaban J connectivity index is 2.68. The summed E-state index contributed by atoms with van der Waals surface area (Å²) in [6.07, 6.45) is 5.18. The number of carboxylic acid groups (broad SMARTS) is 1. The van der Waals surface area contributed by atoms with Gasteiger partial charge in [-0.15, -0.1) is 11.3 Å². The normalized spacial score (nSPS) is 13.3. The summed E-state index contributed by atoms with van der Waals surface area (Å²) in [5.41, 5.74) is 0.475. The molecule has 2 N–H and O–H groups in total. The maximum atomic E-state index is 12.2. The fourth-order valence-electron chi connectivity index (χ4n) is 2.06. The van der Waals surface area contributed by atoms with Crippen molar-refractivity contribution < 1.29 is 18.3 Å². The van der Waals surface area contributed by atoms with Crippen molar-refractivity contribution in [1.29, 1.82) is 0 Å². The lowest BCUT2D eigenvalue weighted by atomic mass is 10.1. The molecule has 0 aliphatic carbocycles. The van der Waals surface area contributed by atoms with Crippen LogP contribution in [0.25, 0.3) is 0 Å². The molecule has 0 amide bonds. The third-order valence-electron chi connectivity index (χ3n) is 3.20.